The lowest BCUT2D eigenvalue weighted by Gasteiger charge is -2.51. The van der Waals surface area contributed by atoms with Crippen LogP contribution in [0.4, 0.5) is 0 Å². The van der Waals surface area contributed by atoms with E-state index in [9.17, 15) is 0 Å². The molecule has 1 aromatic carbocycles. The summed E-state index contributed by atoms with van der Waals surface area (Å²) in [5.41, 5.74) is 1.70. The highest BCUT2D eigenvalue weighted by Crippen LogP contribution is 2.31. The van der Waals surface area contributed by atoms with Crippen molar-refractivity contribution < 1.29 is 0 Å². The van der Waals surface area contributed by atoms with Crippen molar-refractivity contribution in [2.45, 2.75) is 59.2 Å². The summed E-state index contributed by atoms with van der Waals surface area (Å²) < 4.78 is 0. The van der Waals surface area contributed by atoms with Crippen LogP contribution in [0.15, 0.2) is 24.3 Å². The van der Waals surface area contributed by atoms with Gasteiger partial charge in [-0.3, -0.25) is 4.90 Å². The molecule has 1 aliphatic heterocycles. The van der Waals surface area contributed by atoms with Gasteiger partial charge in [0.1, 0.15) is 0 Å². The Balaban J connectivity index is 2.21. The van der Waals surface area contributed by atoms with Crippen LogP contribution in [-0.4, -0.2) is 29.6 Å². The van der Waals surface area contributed by atoms with Gasteiger partial charge in [-0.25, -0.2) is 0 Å². The normalized spacial score (nSPS) is 27.8. The molecule has 0 amide bonds. The molecule has 1 fully saturated rings. The standard InChI is InChI=1S/C18H29ClN2/c1-6-18(5)13-20-16(17(2,3)4)12-21(18)11-14-9-7-8-10-15(14)19/h7-10,16,20H,6,11-13H2,1-5H3. The molecule has 2 rings (SSSR count). The summed E-state index contributed by atoms with van der Waals surface area (Å²) >= 11 is 6.36. The van der Waals surface area contributed by atoms with Crippen LogP contribution >= 0.6 is 11.6 Å². The number of nitrogens with zero attached hydrogens (tertiary/aromatic N) is 1. The van der Waals surface area contributed by atoms with Crippen molar-refractivity contribution >= 4 is 11.6 Å². The monoisotopic (exact) mass is 308 g/mol. The molecular weight excluding hydrogens is 280 g/mol. The second-order valence-electron chi connectivity index (χ2n) is 7.62. The van der Waals surface area contributed by atoms with Crippen LogP contribution in [0.25, 0.3) is 0 Å². The van der Waals surface area contributed by atoms with Crippen LogP contribution in [0, 0.1) is 5.41 Å². The van der Waals surface area contributed by atoms with E-state index in [-0.39, 0.29) is 11.0 Å². The summed E-state index contributed by atoms with van der Waals surface area (Å²) in [5, 5.41) is 4.63. The highest BCUT2D eigenvalue weighted by atomic mass is 35.5. The first-order valence-electron chi connectivity index (χ1n) is 7.98. The summed E-state index contributed by atoms with van der Waals surface area (Å²) in [7, 11) is 0. The van der Waals surface area contributed by atoms with Crippen LogP contribution < -0.4 is 5.32 Å². The van der Waals surface area contributed by atoms with Crippen molar-refractivity contribution in [1.82, 2.24) is 10.2 Å². The molecule has 1 heterocycles. The van der Waals surface area contributed by atoms with Gasteiger partial charge < -0.3 is 5.32 Å². The van der Waals surface area contributed by atoms with E-state index in [1.54, 1.807) is 0 Å². The minimum atomic E-state index is 0.195. The molecule has 1 aliphatic rings. The molecule has 0 aromatic heterocycles. The minimum Gasteiger partial charge on any atom is -0.310 e. The van der Waals surface area contributed by atoms with Gasteiger partial charge in [0, 0.05) is 36.2 Å². The first-order valence-corrected chi connectivity index (χ1v) is 8.36. The molecule has 2 unspecified atom stereocenters. The molecule has 3 heteroatoms. The highest BCUT2D eigenvalue weighted by Gasteiger charge is 2.39. The Morgan fingerprint density at radius 1 is 1.33 bits per heavy atom. The third-order valence-corrected chi connectivity index (χ3v) is 5.39. The van der Waals surface area contributed by atoms with Gasteiger partial charge in [-0.15, -0.1) is 0 Å². The lowest BCUT2D eigenvalue weighted by atomic mass is 9.81. The SMILES string of the molecule is CCC1(C)CNC(C(C)(C)C)CN1Cc1ccccc1Cl. The van der Waals surface area contributed by atoms with Crippen molar-refractivity contribution in [3.63, 3.8) is 0 Å². The smallest absolute Gasteiger partial charge is 0.0451 e. The summed E-state index contributed by atoms with van der Waals surface area (Å²) in [6.07, 6.45) is 1.14. The van der Waals surface area contributed by atoms with Crippen LogP contribution in [0.1, 0.15) is 46.6 Å². The fraction of sp³-hybridized carbons (Fsp3) is 0.667. The Bertz CT molecular complexity index is 480. The fourth-order valence-corrected chi connectivity index (χ4v) is 3.17. The molecule has 21 heavy (non-hydrogen) atoms. The van der Waals surface area contributed by atoms with Crippen LogP contribution in [0.2, 0.25) is 5.02 Å². The molecule has 0 spiro atoms. The number of piperazine rings is 1. The first kappa shape index (κ1) is 16.8. The largest absolute Gasteiger partial charge is 0.310 e. The maximum absolute atomic E-state index is 6.36. The predicted molar refractivity (Wildman–Crippen MR) is 91.8 cm³/mol. The molecular formula is C18H29ClN2. The highest BCUT2D eigenvalue weighted by molar-refractivity contribution is 6.31. The Labute approximate surface area is 134 Å². The maximum atomic E-state index is 6.36. The minimum absolute atomic E-state index is 0.195. The van der Waals surface area contributed by atoms with Crippen molar-refractivity contribution in [2.75, 3.05) is 13.1 Å². The molecule has 1 saturated heterocycles. The average molecular weight is 309 g/mol. The fourth-order valence-electron chi connectivity index (χ4n) is 2.98. The third kappa shape index (κ3) is 3.80. The number of halogens is 1. The topological polar surface area (TPSA) is 15.3 Å². The lowest BCUT2D eigenvalue weighted by Crippen LogP contribution is -2.65. The van der Waals surface area contributed by atoms with Crippen molar-refractivity contribution in [1.29, 1.82) is 0 Å². The summed E-state index contributed by atoms with van der Waals surface area (Å²) in [6, 6.07) is 8.73. The van der Waals surface area contributed by atoms with Gasteiger partial charge in [-0.2, -0.15) is 0 Å². The van der Waals surface area contributed by atoms with Gasteiger partial charge in [-0.1, -0.05) is 57.5 Å². The molecule has 0 radical (unpaired) electrons. The molecule has 1 aromatic rings. The molecule has 118 valence electrons. The maximum Gasteiger partial charge on any atom is 0.0451 e. The van der Waals surface area contributed by atoms with Crippen molar-refractivity contribution in [2.24, 2.45) is 5.41 Å². The zero-order chi connectivity index (χ0) is 15.7. The van der Waals surface area contributed by atoms with E-state index in [1.807, 2.05) is 12.1 Å². The van der Waals surface area contributed by atoms with E-state index in [0.29, 0.717) is 6.04 Å². The van der Waals surface area contributed by atoms with Crippen molar-refractivity contribution in [3.8, 4) is 0 Å². The molecule has 0 aliphatic carbocycles. The molecule has 2 atom stereocenters. The van der Waals surface area contributed by atoms with Gasteiger partial charge in [-0.05, 0) is 30.4 Å². The molecule has 0 bridgehead atoms. The van der Waals surface area contributed by atoms with Gasteiger partial charge in [0.2, 0.25) is 0 Å². The van der Waals surface area contributed by atoms with Crippen LogP contribution in [0.5, 0.6) is 0 Å². The Kier molecular flexibility index (Phi) is 5.02. The zero-order valence-corrected chi connectivity index (χ0v) is 14.8. The predicted octanol–water partition coefficient (Wildman–Crippen LogP) is 4.33. The average Bonchev–Trinajstić information content (AvgIpc) is 2.42. The number of nitrogens with one attached hydrogen (secondary N) is 1. The first-order chi connectivity index (χ1) is 9.76. The quantitative estimate of drug-likeness (QED) is 0.894. The van der Waals surface area contributed by atoms with E-state index < -0.39 is 0 Å². The second kappa shape index (κ2) is 6.28. The van der Waals surface area contributed by atoms with E-state index in [1.165, 1.54) is 5.56 Å². The second-order valence-corrected chi connectivity index (χ2v) is 8.03. The summed E-state index contributed by atoms with van der Waals surface area (Å²) in [6.45, 7) is 14.6. The van der Waals surface area contributed by atoms with E-state index in [2.05, 4.69) is 57.0 Å². The third-order valence-electron chi connectivity index (χ3n) is 5.02. The molecule has 0 saturated carbocycles. The summed E-state index contributed by atoms with van der Waals surface area (Å²) in [4.78, 5) is 2.61. The Morgan fingerprint density at radius 3 is 2.57 bits per heavy atom. The van der Waals surface area contributed by atoms with E-state index >= 15 is 0 Å². The number of hydrogen-bond acceptors (Lipinski definition) is 2. The van der Waals surface area contributed by atoms with Crippen molar-refractivity contribution in [3.05, 3.63) is 34.9 Å². The molecule has 1 N–H and O–H groups in total. The van der Waals surface area contributed by atoms with Crippen LogP contribution in [0.3, 0.4) is 0 Å². The van der Waals surface area contributed by atoms with Crippen LogP contribution in [-0.2, 0) is 6.54 Å². The van der Waals surface area contributed by atoms with Gasteiger partial charge in [0.25, 0.3) is 0 Å². The number of hydrogen-bond donors (Lipinski definition) is 1. The van der Waals surface area contributed by atoms with Gasteiger partial charge in [0.05, 0.1) is 0 Å². The Morgan fingerprint density at radius 2 is 2.00 bits per heavy atom. The number of benzene rings is 1. The number of rotatable bonds is 3. The summed E-state index contributed by atoms with van der Waals surface area (Å²) in [5.74, 6) is 0. The van der Waals surface area contributed by atoms with E-state index in [4.69, 9.17) is 11.6 Å². The Hall–Kier alpha value is -0.570. The lowest BCUT2D eigenvalue weighted by molar-refractivity contribution is 0.0158. The zero-order valence-electron chi connectivity index (χ0n) is 14.0. The van der Waals surface area contributed by atoms with Gasteiger partial charge in [0.15, 0.2) is 0 Å². The van der Waals surface area contributed by atoms with E-state index in [0.717, 1.165) is 31.1 Å². The van der Waals surface area contributed by atoms with Gasteiger partial charge >= 0.3 is 0 Å². The molecule has 2 nitrogen and oxygen atoms in total.